The van der Waals surface area contributed by atoms with Gasteiger partial charge in [-0.1, -0.05) is 27.5 Å². The fraction of sp³-hybridized carbons (Fsp3) is 0.0833. The molecule has 20 heavy (non-hydrogen) atoms. The summed E-state index contributed by atoms with van der Waals surface area (Å²) in [6.45, 7) is 0. The van der Waals surface area contributed by atoms with Crippen LogP contribution >= 0.6 is 39.1 Å². The zero-order valence-corrected chi connectivity index (χ0v) is 13.3. The number of rotatable bonds is 3. The van der Waals surface area contributed by atoms with Crippen molar-refractivity contribution in [3.8, 4) is 0 Å². The van der Waals surface area contributed by atoms with Gasteiger partial charge in [-0.25, -0.2) is 9.78 Å². The molecule has 0 bridgehead atoms. The zero-order valence-electron chi connectivity index (χ0n) is 10.2. The summed E-state index contributed by atoms with van der Waals surface area (Å²) in [5.41, 5.74) is 0.837. The lowest BCUT2D eigenvalue weighted by atomic mass is 10.2. The molecule has 0 radical (unpaired) electrons. The summed E-state index contributed by atoms with van der Waals surface area (Å²) in [6, 6.07) is 5.06. The van der Waals surface area contributed by atoms with Crippen molar-refractivity contribution in [2.75, 3.05) is 12.4 Å². The monoisotopic (exact) mass is 375 g/mol. The molecule has 1 aromatic heterocycles. The highest BCUT2D eigenvalue weighted by Gasteiger charge is 2.14. The van der Waals surface area contributed by atoms with Gasteiger partial charge in [-0.2, -0.15) is 4.98 Å². The summed E-state index contributed by atoms with van der Waals surface area (Å²) in [7, 11) is 1.31. The van der Waals surface area contributed by atoms with Crippen molar-refractivity contribution in [3.05, 3.63) is 44.7 Å². The number of nitrogens with zero attached hydrogens (tertiary/aromatic N) is 2. The van der Waals surface area contributed by atoms with Gasteiger partial charge in [0.05, 0.1) is 24.6 Å². The highest BCUT2D eigenvalue weighted by Crippen LogP contribution is 2.28. The number of carbonyl (C=O) groups is 1. The molecule has 0 saturated heterocycles. The molecule has 0 aliphatic carbocycles. The van der Waals surface area contributed by atoms with E-state index in [4.69, 9.17) is 27.9 Å². The molecule has 1 N–H and O–H groups in total. The van der Waals surface area contributed by atoms with Gasteiger partial charge in [0.2, 0.25) is 5.28 Å². The second-order valence-electron chi connectivity index (χ2n) is 3.64. The molecule has 5 nitrogen and oxygen atoms in total. The van der Waals surface area contributed by atoms with Crippen molar-refractivity contribution in [2.45, 2.75) is 0 Å². The normalized spacial score (nSPS) is 10.2. The van der Waals surface area contributed by atoms with E-state index < -0.39 is 5.97 Å². The first-order chi connectivity index (χ1) is 9.51. The molecule has 1 heterocycles. The van der Waals surface area contributed by atoms with Gasteiger partial charge in [-0.3, -0.25) is 0 Å². The van der Waals surface area contributed by atoms with E-state index in [0.717, 1.165) is 4.47 Å². The van der Waals surface area contributed by atoms with E-state index in [-0.39, 0.29) is 10.3 Å². The minimum Gasteiger partial charge on any atom is -0.465 e. The van der Waals surface area contributed by atoms with Crippen LogP contribution in [0, 0.1) is 0 Å². The minimum absolute atomic E-state index is 0.0477. The average Bonchev–Trinajstić information content (AvgIpc) is 2.42. The molecule has 0 atom stereocenters. The van der Waals surface area contributed by atoms with Crippen molar-refractivity contribution in [1.82, 2.24) is 9.97 Å². The molecular weight excluding hydrogens is 369 g/mol. The second-order valence-corrected chi connectivity index (χ2v) is 5.30. The molecule has 0 aliphatic rings. The molecule has 0 saturated carbocycles. The number of methoxy groups -OCH3 is 1. The third-order valence-electron chi connectivity index (χ3n) is 2.35. The summed E-state index contributed by atoms with van der Waals surface area (Å²) < 4.78 is 5.50. The number of benzene rings is 1. The fourth-order valence-electron chi connectivity index (χ4n) is 1.47. The van der Waals surface area contributed by atoms with Crippen LogP contribution in [0.4, 0.5) is 11.5 Å². The molecule has 2 aromatic rings. The highest BCUT2D eigenvalue weighted by molar-refractivity contribution is 9.10. The maximum Gasteiger partial charge on any atom is 0.339 e. The number of ether oxygens (including phenoxy) is 1. The smallest absolute Gasteiger partial charge is 0.339 e. The van der Waals surface area contributed by atoms with E-state index in [1.54, 1.807) is 18.2 Å². The highest BCUT2D eigenvalue weighted by atomic mass is 79.9. The van der Waals surface area contributed by atoms with E-state index in [2.05, 4.69) is 31.2 Å². The van der Waals surface area contributed by atoms with Crippen molar-refractivity contribution >= 4 is 56.6 Å². The van der Waals surface area contributed by atoms with Crippen LogP contribution < -0.4 is 5.32 Å². The largest absolute Gasteiger partial charge is 0.465 e. The Morgan fingerprint density at radius 3 is 2.85 bits per heavy atom. The molecule has 0 aliphatic heterocycles. The Morgan fingerprint density at radius 2 is 2.15 bits per heavy atom. The Morgan fingerprint density at radius 1 is 1.40 bits per heavy atom. The first kappa shape index (κ1) is 15.0. The van der Waals surface area contributed by atoms with Crippen molar-refractivity contribution in [1.29, 1.82) is 0 Å². The molecule has 0 fully saturated rings. The number of aromatic nitrogens is 2. The first-order valence-corrected chi connectivity index (χ1v) is 6.89. The molecular formula is C12H8BrCl2N3O2. The Kier molecular flexibility index (Phi) is 4.80. The second kappa shape index (κ2) is 6.39. The molecule has 1 aromatic carbocycles. The summed E-state index contributed by atoms with van der Waals surface area (Å²) in [5.74, 6) is -0.175. The SMILES string of the molecule is COC(=O)c1ccc(Br)cc1Nc1nc(Cl)ncc1Cl. The molecule has 0 spiro atoms. The Bertz CT molecular complexity index is 667. The van der Waals surface area contributed by atoms with E-state index in [1.165, 1.54) is 13.3 Å². The van der Waals surface area contributed by atoms with E-state index in [1.807, 2.05) is 0 Å². The maximum atomic E-state index is 11.7. The Balaban J connectivity index is 2.44. The standard InChI is InChI=1S/C12H8BrCl2N3O2/c1-20-11(19)7-3-2-6(13)4-9(7)17-10-8(14)5-16-12(15)18-10/h2-5H,1H3,(H,16,17,18). The van der Waals surface area contributed by atoms with E-state index >= 15 is 0 Å². The third-order valence-corrected chi connectivity index (χ3v) is 3.31. The van der Waals surface area contributed by atoms with Gasteiger partial charge in [0.15, 0.2) is 5.82 Å². The van der Waals surface area contributed by atoms with E-state index in [9.17, 15) is 4.79 Å². The third kappa shape index (κ3) is 3.39. The van der Waals surface area contributed by atoms with Crippen LogP contribution in [0.25, 0.3) is 0 Å². The quantitative estimate of drug-likeness (QED) is 0.645. The van der Waals surface area contributed by atoms with Gasteiger partial charge in [0.25, 0.3) is 0 Å². The van der Waals surface area contributed by atoms with Crippen LogP contribution in [0.2, 0.25) is 10.3 Å². The molecule has 0 amide bonds. The van der Waals surface area contributed by atoms with Crippen LogP contribution in [-0.2, 0) is 4.74 Å². The van der Waals surface area contributed by atoms with Crippen LogP contribution in [0.5, 0.6) is 0 Å². The van der Waals surface area contributed by atoms with Gasteiger partial charge in [-0.05, 0) is 29.8 Å². The molecule has 0 unspecified atom stereocenters. The number of halogens is 3. The summed E-state index contributed by atoms with van der Waals surface area (Å²) in [6.07, 6.45) is 1.37. The van der Waals surface area contributed by atoms with Crippen molar-refractivity contribution in [3.63, 3.8) is 0 Å². The summed E-state index contributed by atoms with van der Waals surface area (Å²) >= 11 is 15.0. The fourth-order valence-corrected chi connectivity index (χ4v) is 2.10. The number of hydrogen-bond donors (Lipinski definition) is 1. The topological polar surface area (TPSA) is 64.1 Å². The lowest BCUT2D eigenvalue weighted by molar-refractivity contribution is 0.0602. The number of anilines is 2. The van der Waals surface area contributed by atoms with Crippen molar-refractivity contribution in [2.24, 2.45) is 0 Å². The van der Waals surface area contributed by atoms with Gasteiger partial charge in [-0.15, -0.1) is 0 Å². The molecule has 2 rings (SSSR count). The zero-order chi connectivity index (χ0) is 14.7. The predicted molar refractivity (Wildman–Crippen MR) is 80.8 cm³/mol. The lowest BCUT2D eigenvalue weighted by Crippen LogP contribution is -2.06. The van der Waals surface area contributed by atoms with Crippen LogP contribution in [-0.4, -0.2) is 23.0 Å². The van der Waals surface area contributed by atoms with Crippen LogP contribution in [0.15, 0.2) is 28.9 Å². The minimum atomic E-state index is -0.476. The predicted octanol–water partition coefficient (Wildman–Crippen LogP) is 4.08. The summed E-state index contributed by atoms with van der Waals surface area (Å²) in [4.78, 5) is 19.4. The lowest BCUT2D eigenvalue weighted by Gasteiger charge is -2.11. The van der Waals surface area contributed by atoms with Crippen LogP contribution in [0.1, 0.15) is 10.4 Å². The Labute approximate surface area is 133 Å². The van der Waals surface area contributed by atoms with Gasteiger partial charge < -0.3 is 10.1 Å². The van der Waals surface area contributed by atoms with E-state index in [0.29, 0.717) is 17.1 Å². The number of carbonyl (C=O) groups excluding carboxylic acids is 1. The Hall–Kier alpha value is -1.37. The summed E-state index contributed by atoms with van der Waals surface area (Å²) in [5, 5.41) is 3.27. The molecule has 104 valence electrons. The number of nitrogens with one attached hydrogen (secondary N) is 1. The van der Waals surface area contributed by atoms with Gasteiger partial charge in [0.1, 0.15) is 5.02 Å². The van der Waals surface area contributed by atoms with Crippen LogP contribution in [0.3, 0.4) is 0 Å². The van der Waals surface area contributed by atoms with Gasteiger partial charge in [0, 0.05) is 4.47 Å². The van der Waals surface area contributed by atoms with Crippen molar-refractivity contribution < 1.29 is 9.53 Å². The first-order valence-electron chi connectivity index (χ1n) is 5.34. The average molecular weight is 377 g/mol. The number of hydrogen-bond acceptors (Lipinski definition) is 5. The number of esters is 1. The van der Waals surface area contributed by atoms with Gasteiger partial charge >= 0.3 is 5.97 Å². The molecule has 8 heteroatoms. The maximum absolute atomic E-state index is 11.7.